The Morgan fingerprint density at radius 1 is 1.00 bits per heavy atom. The summed E-state index contributed by atoms with van der Waals surface area (Å²) in [4.78, 5) is 12.9. The quantitative estimate of drug-likeness (QED) is 0.793. The fourth-order valence-electron chi connectivity index (χ4n) is 3.72. The number of rotatable bonds is 7. The van der Waals surface area contributed by atoms with Crippen LogP contribution in [-0.4, -0.2) is 47.0 Å². The fourth-order valence-corrected chi connectivity index (χ4v) is 3.72. The molecule has 0 aliphatic carbocycles. The average molecular weight is 385 g/mol. The van der Waals surface area contributed by atoms with E-state index >= 15 is 0 Å². The van der Waals surface area contributed by atoms with E-state index in [1.807, 2.05) is 18.2 Å². The van der Waals surface area contributed by atoms with E-state index in [4.69, 9.17) is 18.9 Å². The maximum absolute atomic E-state index is 12.9. The van der Waals surface area contributed by atoms with Gasteiger partial charge in [-0.05, 0) is 31.0 Å². The number of para-hydroxylation sites is 1. The Morgan fingerprint density at radius 2 is 1.71 bits per heavy atom. The first-order valence-corrected chi connectivity index (χ1v) is 9.35. The van der Waals surface area contributed by atoms with Crippen LogP contribution >= 0.6 is 0 Å². The van der Waals surface area contributed by atoms with Crippen molar-refractivity contribution in [3.05, 3.63) is 53.6 Å². The molecular formula is C22H27NO5. The van der Waals surface area contributed by atoms with Gasteiger partial charge in [0.25, 0.3) is 5.91 Å². The molecule has 0 radical (unpaired) electrons. The normalized spacial score (nSPS) is 15.5. The lowest BCUT2D eigenvalue weighted by Gasteiger charge is -2.38. The summed E-state index contributed by atoms with van der Waals surface area (Å²) in [6.45, 7) is 1.80. The van der Waals surface area contributed by atoms with Gasteiger partial charge < -0.3 is 24.3 Å². The Hall–Kier alpha value is -2.73. The minimum Gasteiger partial charge on any atom is -0.497 e. The zero-order valence-electron chi connectivity index (χ0n) is 16.6. The van der Waals surface area contributed by atoms with Crippen molar-refractivity contribution >= 4 is 5.91 Å². The second kappa shape index (κ2) is 8.97. The van der Waals surface area contributed by atoms with Gasteiger partial charge in [0.1, 0.15) is 17.2 Å². The lowest BCUT2D eigenvalue weighted by atomic mass is 9.73. The van der Waals surface area contributed by atoms with Gasteiger partial charge in [0, 0.05) is 36.8 Å². The topological polar surface area (TPSA) is 66.0 Å². The highest BCUT2D eigenvalue weighted by atomic mass is 16.5. The molecule has 0 bridgehead atoms. The number of ether oxygens (including phenoxy) is 4. The number of methoxy groups -OCH3 is 3. The summed E-state index contributed by atoms with van der Waals surface area (Å²) < 4.78 is 21.7. The Balaban J connectivity index is 1.84. The molecule has 0 atom stereocenters. The lowest BCUT2D eigenvalue weighted by Crippen LogP contribution is -2.44. The molecule has 0 aromatic heterocycles. The molecule has 0 unspecified atom stereocenters. The molecular weight excluding hydrogens is 358 g/mol. The fraction of sp³-hybridized carbons (Fsp3) is 0.409. The number of benzene rings is 2. The van der Waals surface area contributed by atoms with Crippen LogP contribution in [0, 0.1) is 0 Å². The highest BCUT2D eigenvalue weighted by Crippen LogP contribution is 2.39. The highest BCUT2D eigenvalue weighted by molar-refractivity contribution is 5.97. The summed E-state index contributed by atoms with van der Waals surface area (Å²) in [6, 6.07) is 13.2. The van der Waals surface area contributed by atoms with Crippen LogP contribution in [0.25, 0.3) is 0 Å². The largest absolute Gasteiger partial charge is 0.497 e. The summed E-state index contributed by atoms with van der Waals surface area (Å²) in [6.07, 6.45) is 1.63. The molecule has 2 aromatic carbocycles. The molecule has 150 valence electrons. The van der Waals surface area contributed by atoms with Crippen molar-refractivity contribution in [1.29, 1.82) is 0 Å². The van der Waals surface area contributed by atoms with Crippen molar-refractivity contribution in [2.45, 2.75) is 18.3 Å². The third-order valence-electron chi connectivity index (χ3n) is 5.37. The van der Waals surface area contributed by atoms with Crippen LogP contribution in [0.1, 0.15) is 28.8 Å². The first-order chi connectivity index (χ1) is 13.6. The Kier molecular flexibility index (Phi) is 6.41. The smallest absolute Gasteiger partial charge is 0.255 e. The monoisotopic (exact) mass is 385 g/mol. The molecule has 6 heteroatoms. The zero-order chi connectivity index (χ0) is 20.0. The molecule has 6 nitrogen and oxygen atoms in total. The molecule has 0 spiro atoms. The van der Waals surface area contributed by atoms with Crippen LogP contribution in [0.15, 0.2) is 42.5 Å². The lowest BCUT2D eigenvalue weighted by molar-refractivity contribution is 0.0479. The van der Waals surface area contributed by atoms with Gasteiger partial charge in [0.15, 0.2) is 0 Å². The second-order valence-electron chi connectivity index (χ2n) is 6.84. The molecule has 1 aliphatic rings. The van der Waals surface area contributed by atoms with E-state index in [-0.39, 0.29) is 11.3 Å². The average Bonchev–Trinajstić information content (AvgIpc) is 2.77. The Labute approximate surface area is 165 Å². The summed E-state index contributed by atoms with van der Waals surface area (Å²) in [5, 5.41) is 3.10. The number of nitrogens with one attached hydrogen (secondary N) is 1. The van der Waals surface area contributed by atoms with Crippen LogP contribution in [0.4, 0.5) is 0 Å². The van der Waals surface area contributed by atoms with Gasteiger partial charge >= 0.3 is 0 Å². The SMILES string of the molecule is COc1ccc(C(=O)NCC2(c3ccccc3OC)CCOCC2)c(OC)c1. The van der Waals surface area contributed by atoms with Gasteiger partial charge in [-0.25, -0.2) is 0 Å². The first kappa shape index (κ1) is 20.0. The molecule has 1 amide bonds. The standard InChI is InChI=1S/C22H27NO5/c1-25-16-8-9-17(20(14-16)27-3)21(24)23-15-22(10-12-28-13-11-22)18-6-4-5-7-19(18)26-2/h4-9,14H,10-13,15H2,1-3H3,(H,23,24). The minimum absolute atomic E-state index is 0.180. The van der Waals surface area contributed by atoms with Crippen LogP contribution in [-0.2, 0) is 10.2 Å². The van der Waals surface area contributed by atoms with E-state index < -0.39 is 0 Å². The molecule has 2 aromatic rings. The number of hydrogen-bond donors (Lipinski definition) is 1. The molecule has 3 rings (SSSR count). The van der Waals surface area contributed by atoms with Crippen molar-refractivity contribution in [3.63, 3.8) is 0 Å². The minimum atomic E-state index is -0.236. The van der Waals surface area contributed by atoms with Crippen LogP contribution in [0.2, 0.25) is 0 Å². The van der Waals surface area contributed by atoms with E-state index in [1.165, 1.54) is 0 Å². The summed E-state index contributed by atoms with van der Waals surface area (Å²) in [7, 11) is 4.80. The molecule has 28 heavy (non-hydrogen) atoms. The predicted octanol–water partition coefficient (Wildman–Crippen LogP) is 3.19. The van der Waals surface area contributed by atoms with Crippen molar-refractivity contribution in [3.8, 4) is 17.2 Å². The van der Waals surface area contributed by atoms with Crippen molar-refractivity contribution in [2.75, 3.05) is 41.1 Å². The van der Waals surface area contributed by atoms with Gasteiger partial charge in [-0.3, -0.25) is 4.79 Å². The van der Waals surface area contributed by atoms with Gasteiger partial charge in [-0.15, -0.1) is 0 Å². The van der Waals surface area contributed by atoms with E-state index in [2.05, 4.69) is 11.4 Å². The van der Waals surface area contributed by atoms with Crippen LogP contribution < -0.4 is 19.5 Å². The maximum Gasteiger partial charge on any atom is 0.255 e. The number of carbonyl (C=O) groups excluding carboxylic acids is 1. The van der Waals surface area contributed by atoms with Crippen molar-refractivity contribution in [1.82, 2.24) is 5.32 Å². The molecule has 1 heterocycles. The van der Waals surface area contributed by atoms with E-state index in [9.17, 15) is 4.79 Å². The number of hydrogen-bond acceptors (Lipinski definition) is 5. The van der Waals surface area contributed by atoms with Gasteiger partial charge in [0.2, 0.25) is 0 Å². The summed E-state index contributed by atoms with van der Waals surface area (Å²) in [5.41, 5.74) is 1.34. The summed E-state index contributed by atoms with van der Waals surface area (Å²) >= 11 is 0. The molecule has 1 fully saturated rings. The zero-order valence-corrected chi connectivity index (χ0v) is 16.6. The van der Waals surface area contributed by atoms with Gasteiger partial charge in [-0.2, -0.15) is 0 Å². The predicted molar refractivity (Wildman–Crippen MR) is 107 cm³/mol. The Morgan fingerprint density at radius 3 is 2.39 bits per heavy atom. The Bertz CT molecular complexity index is 814. The molecule has 1 saturated heterocycles. The highest BCUT2D eigenvalue weighted by Gasteiger charge is 2.37. The molecule has 1 aliphatic heterocycles. The maximum atomic E-state index is 12.9. The van der Waals surface area contributed by atoms with Crippen molar-refractivity contribution < 1.29 is 23.7 Å². The van der Waals surface area contributed by atoms with E-state index in [0.29, 0.717) is 36.8 Å². The van der Waals surface area contributed by atoms with Crippen LogP contribution in [0.3, 0.4) is 0 Å². The van der Waals surface area contributed by atoms with Gasteiger partial charge in [-0.1, -0.05) is 18.2 Å². The van der Waals surface area contributed by atoms with E-state index in [0.717, 1.165) is 24.2 Å². The van der Waals surface area contributed by atoms with Gasteiger partial charge in [0.05, 0.1) is 26.9 Å². The van der Waals surface area contributed by atoms with Crippen LogP contribution in [0.5, 0.6) is 17.2 Å². The number of carbonyl (C=O) groups is 1. The third kappa shape index (κ3) is 4.07. The van der Waals surface area contributed by atoms with E-state index in [1.54, 1.807) is 39.5 Å². The molecule has 1 N–H and O–H groups in total. The number of amides is 1. The molecule has 0 saturated carbocycles. The third-order valence-corrected chi connectivity index (χ3v) is 5.37. The second-order valence-corrected chi connectivity index (χ2v) is 6.84. The first-order valence-electron chi connectivity index (χ1n) is 9.35. The summed E-state index contributed by atoms with van der Waals surface area (Å²) in [5.74, 6) is 1.78. The van der Waals surface area contributed by atoms with Crippen molar-refractivity contribution in [2.24, 2.45) is 0 Å².